The molecule has 1 fully saturated rings. The maximum atomic E-state index is 9.72. The van der Waals surface area contributed by atoms with E-state index in [-0.39, 0.29) is 0 Å². The van der Waals surface area contributed by atoms with Crippen LogP contribution in [0.25, 0.3) is 0 Å². The average molecular weight is 212 g/mol. The van der Waals surface area contributed by atoms with Gasteiger partial charge in [0.05, 0.1) is 5.60 Å². The van der Waals surface area contributed by atoms with Gasteiger partial charge in [-0.2, -0.15) is 0 Å². The molecule has 0 saturated carbocycles. The Kier molecular flexibility index (Phi) is 4.32. The smallest absolute Gasteiger partial charge is 0.0718 e. The van der Waals surface area contributed by atoms with Crippen molar-refractivity contribution in [3.63, 3.8) is 0 Å². The van der Waals surface area contributed by atoms with Gasteiger partial charge in [0.25, 0.3) is 0 Å². The van der Waals surface area contributed by atoms with Crippen LogP contribution in [0.1, 0.15) is 20.8 Å². The van der Waals surface area contributed by atoms with Crippen molar-refractivity contribution >= 4 is 0 Å². The van der Waals surface area contributed by atoms with Gasteiger partial charge in [0, 0.05) is 38.8 Å². The lowest BCUT2D eigenvalue weighted by Gasteiger charge is -2.39. The molecule has 3 heteroatoms. The van der Waals surface area contributed by atoms with Gasteiger partial charge in [-0.05, 0) is 20.8 Å². The second-order valence-corrected chi connectivity index (χ2v) is 5.10. The summed E-state index contributed by atoms with van der Waals surface area (Å²) < 4.78 is 0. The number of β-amino-alcohol motifs (C(OH)–C–C–N with tert-alkyl or cyclic N) is 1. The minimum atomic E-state index is -0.577. The predicted molar refractivity (Wildman–Crippen MR) is 64.0 cm³/mol. The lowest BCUT2D eigenvalue weighted by Crippen LogP contribution is -2.52. The fourth-order valence-electron chi connectivity index (χ4n) is 2.03. The number of rotatable bonds is 4. The predicted octanol–water partition coefficient (Wildman–Crippen LogP) is 0.949. The van der Waals surface area contributed by atoms with Crippen molar-refractivity contribution in [2.75, 3.05) is 32.7 Å². The van der Waals surface area contributed by atoms with E-state index < -0.39 is 5.60 Å². The number of hydrogen-bond donors (Lipinski definition) is 1. The standard InChI is InChI=1S/C12H24N2O/c1-5-11(2)14-8-6-13(7-9-14)10-12(3,4)15/h5,11,15H,1,6-10H2,2-4H3. The van der Waals surface area contributed by atoms with Gasteiger partial charge in [0.2, 0.25) is 0 Å². The second kappa shape index (κ2) is 5.10. The highest BCUT2D eigenvalue weighted by Gasteiger charge is 2.23. The Morgan fingerprint density at radius 3 is 2.27 bits per heavy atom. The monoisotopic (exact) mass is 212 g/mol. The number of nitrogens with zero attached hydrogens (tertiary/aromatic N) is 2. The van der Waals surface area contributed by atoms with E-state index in [1.54, 1.807) is 0 Å². The molecule has 0 aliphatic carbocycles. The van der Waals surface area contributed by atoms with E-state index in [9.17, 15) is 5.11 Å². The van der Waals surface area contributed by atoms with Gasteiger partial charge < -0.3 is 5.11 Å². The summed E-state index contributed by atoms with van der Waals surface area (Å²) >= 11 is 0. The van der Waals surface area contributed by atoms with E-state index in [1.165, 1.54) is 0 Å². The van der Waals surface area contributed by atoms with Crippen LogP contribution in [0.4, 0.5) is 0 Å². The lowest BCUT2D eigenvalue weighted by atomic mass is 10.1. The Hall–Kier alpha value is -0.380. The summed E-state index contributed by atoms with van der Waals surface area (Å²) in [6.07, 6.45) is 1.99. The highest BCUT2D eigenvalue weighted by atomic mass is 16.3. The first-order valence-electron chi connectivity index (χ1n) is 5.74. The van der Waals surface area contributed by atoms with Crippen LogP contribution in [0.15, 0.2) is 12.7 Å². The van der Waals surface area contributed by atoms with Gasteiger partial charge in [-0.3, -0.25) is 9.80 Å². The molecule has 0 aromatic carbocycles. The first kappa shape index (κ1) is 12.7. The van der Waals surface area contributed by atoms with Crippen molar-refractivity contribution in [1.29, 1.82) is 0 Å². The van der Waals surface area contributed by atoms with Crippen molar-refractivity contribution in [1.82, 2.24) is 9.80 Å². The fourth-order valence-corrected chi connectivity index (χ4v) is 2.03. The van der Waals surface area contributed by atoms with Crippen LogP contribution in [0, 0.1) is 0 Å². The molecule has 15 heavy (non-hydrogen) atoms. The topological polar surface area (TPSA) is 26.7 Å². The van der Waals surface area contributed by atoms with Crippen molar-refractivity contribution in [2.45, 2.75) is 32.4 Å². The zero-order valence-electron chi connectivity index (χ0n) is 10.2. The van der Waals surface area contributed by atoms with Gasteiger partial charge >= 0.3 is 0 Å². The molecule has 3 nitrogen and oxygen atoms in total. The third-order valence-corrected chi connectivity index (χ3v) is 2.93. The molecule has 0 radical (unpaired) electrons. The molecule has 0 spiro atoms. The van der Waals surface area contributed by atoms with Gasteiger partial charge in [0.15, 0.2) is 0 Å². The molecule has 1 rings (SSSR count). The first-order valence-corrected chi connectivity index (χ1v) is 5.74. The summed E-state index contributed by atoms with van der Waals surface area (Å²) in [5, 5.41) is 9.72. The summed E-state index contributed by atoms with van der Waals surface area (Å²) in [6, 6.07) is 0.467. The molecule has 88 valence electrons. The minimum absolute atomic E-state index is 0.467. The van der Waals surface area contributed by atoms with Gasteiger partial charge in [-0.25, -0.2) is 0 Å². The van der Waals surface area contributed by atoms with Crippen molar-refractivity contribution in [3.05, 3.63) is 12.7 Å². The molecule has 1 atom stereocenters. The third kappa shape index (κ3) is 4.33. The maximum Gasteiger partial charge on any atom is 0.0718 e. The SMILES string of the molecule is C=CC(C)N1CCN(CC(C)(C)O)CC1. The van der Waals surface area contributed by atoms with E-state index in [0.717, 1.165) is 32.7 Å². The van der Waals surface area contributed by atoms with Crippen LogP contribution in [-0.2, 0) is 0 Å². The summed E-state index contributed by atoms with van der Waals surface area (Å²) in [5.41, 5.74) is -0.577. The van der Waals surface area contributed by atoms with E-state index in [1.807, 2.05) is 19.9 Å². The van der Waals surface area contributed by atoms with Crippen LogP contribution in [-0.4, -0.2) is 59.3 Å². The average Bonchev–Trinajstić information content (AvgIpc) is 2.15. The molecule has 1 saturated heterocycles. The first-order chi connectivity index (χ1) is 6.92. The Balaban J connectivity index is 2.33. The Morgan fingerprint density at radius 2 is 1.87 bits per heavy atom. The molecule has 1 unspecified atom stereocenters. The summed E-state index contributed by atoms with van der Waals surface area (Å²) in [4.78, 5) is 4.75. The summed E-state index contributed by atoms with van der Waals surface area (Å²) in [5.74, 6) is 0. The fraction of sp³-hybridized carbons (Fsp3) is 0.833. The van der Waals surface area contributed by atoms with Crippen LogP contribution >= 0.6 is 0 Å². The van der Waals surface area contributed by atoms with E-state index in [4.69, 9.17) is 0 Å². The van der Waals surface area contributed by atoms with Crippen molar-refractivity contribution < 1.29 is 5.11 Å². The molecular formula is C12H24N2O. The van der Waals surface area contributed by atoms with Crippen LogP contribution in [0.2, 0.25) is 0 Å². The maximum absolute atomic E-state index is 9.72. The van der Waals surface area contributed by atoms with Gasteiger partial charge in [0.1, 0.15) is 0 Å². The van der Waals surface area contributed by atoms with Gasteiger partial charge in [-0.15, -0.1) is 6.58 Å². The number of hydrogen-bond acceptors (Lipinski definition) is 3. The molecule has 1 heterocycles. The second-order valence-electron chi connectivity index (χ2n) is 5.10. The van der Waals surface area contributed by atoms with Gasteiger partial charge in [-0.1, -0.05) is 6.08 Å². The quantitative estimate of drug-likeness (QED) is 0.703. The molecular weight excluding hydrogens is 188 g/mol. The Bertz CT molecular complexity index is 202. The zero-order chi connectivity index (χ0) is 11.5. The molecule has 0 aromatic rings. The van der Waals surface area contributed by atoms with E-state index >= 15 is 0 Å². The van der Waals surface area contributed by atoms with Crippen LogP contribution in [0.5, 0.6) is 0 Å². The lowest BCUT2D eigenvalue weighted by molar-refractivity contribution is 0.0151. The molecule has 1 aliphatic rings. The minimum Gasteiger partial charge on any atom is -0.389 e. The van der Waals surface area contributed by atoms with Crippen molar-refractivity contribution in [2.24, 2.45) is 0 Å². The third-order valence-electron chi connectivity index (χ3n) is 2.93. The normalized spacial score (nSPS) is 22.7. The number of piperazine rings is 1. The highest BCUT2D eigenvalue weighted by Crippen LogP contribution is 2.10. The molecule has 1 aliphatic heterocycles. The largest absolute Gasteiger partial charge is 0.389 e. The summed E-state index contributed by atoms with van der Waals surface area (Å²) in [7, 11) is 0. The molecule has 0 amide bonds. The van der Waals surface area contributed by atoms with Crippen molar-refractivity contribution in [3.8, 4) is 0 Å². The van der Waals surface area contributed by atoms with Crippen LogP contribution < -0.4 is 0 Å². The summed E-state index contributed by atoms with van der Waals surface area (Å²) in [6.45, 7) is 14.7. The molecule has 0 aromatic heterocycles. The zero-order valence-corrected chi connectivity index (χ0v) is 10.2. The van der Waals surface area contributed by atoms with E-state index in [2.05, 4.69) is 23.3 Å². The highest BCUT2D eigenvalue weighted by molar-refractivity contribution is 4.87. The molecule has 0 bridgehead atoms. The number of aliphatic hydroxyl groups is 1. The Morgan fingerprint density at radius 1 is 1.33 bits per heavy atom. The Labute approximate surface area is 93.4 Å². The van der Waals surface area contributed by atoms with E-state index in [0.29, 0.717) is 6.04 Å². The van der Waals surface area contributed by atoms with Crippen LogP contribution in [0.3, 0.4) is 0 Å². The molecule has 1 N–H and O–H groups in total.